The summed E-state index contributed by atoms with van der Waals surface area (Å²) in [6.07, 6.45) is 4.14. The highest BCUT2D eigenvalue weighted by molar-refractivity contribution is 5.89. The molecule has 1 aromatic heterocycles. The van der Waals surface area contributed by atoms with Gasteiger partial charge in [-0.05, 0) is 43.2 Å². The first kappa shape index (κ1) is 14.3. The van der Waals surface area contributed by atoms with E-state index >= 15 is 0 Å². The van der Waals surface area contributed by atoms with Crippen LogP contribution in [0.5, 0.6) is 0 Å². The lowest BCUT2D eigenvalue weighted by molar-refractivity contribution is 0.0601. The zero-order chi connectivity index (χ0) is 15.4. The number of hydrogen-bond acceptors (Lipinski definition) is 6. The third kappa shape index (κ3) is 3.16. The minimum absolute atomic E-state index is 0.343. The predicted octanol–water partition coefficient (Wildman–Crippen LogP) is 2.61. The van der Waals surface area contributed by atoms with Crippen LogP contribution in [0.25, 0.3) is 0 Å². The Bertz CT molecular complexity index is 651. The minimum atomic E-state index is -0.343. The van der Waals surface area contributed by atoms with Gasteiger partial charge in [0.05, 0.1) is 12.7 Å². The lowest BCUT2D eigenvalue weighted by Crippen LogP contribution is -2.20. The molecule has 0 radical (unpaired) electrons. The largest absolute Gasteiger partial charge is 0.465 e. The SMILES string of the molecule is COC(=O)c1ccc(Nc2ccnc(N3CCCC3)n2)cc1. The fourth-order valence-corrected chi connectivity index (χ4v) is 2.44. The van der Waals surface area contributed by atoms with Crippen molar-refractivity contribution in [1.29, 1.82) is 0 Å². The second-order valence-corrected chi connectivity index (χ2v) is 5.13. The average Bonchev–Trinajstić information content (AvgIpc) is 3.10. The summed E-state index contributed by atoms with van der Waals surface area (Å²) in [5, 5.41) is 3.22. The molecule has 3 rings (SSSR count). The van der Waals surface area contributed by atoms with Crippen LogP contribution < -0.4 is 10.2 Å². The number of nitrogens with one attached hydrogen (secondary N) is 1. The normalized spacial score (nSPS) is 14.0. The smallest absolute Gasteiger partial charge is 0.337 e. The fraction of sp³-hybridized carbons (Fsp3) is 0.312. The summed E-state index contributed by atoms with van der Waals surface area (Å²) in [6, 6.07) is 8.91. The maximum Gasteiger partial charge on any atom is 0.337 e. The van der Waals surface area contributed by atoms with E-state index in [0.29, 0.717) is 5.56 Å². The number of methoxy groups -OCH3 is 1. The average molecular weight is 298 g/mol. The van der Waals surface area contributed by atoms with E-state index in [9.17, 15) is 4.79 Å². The number of hydrogen-bond donors (Lipinski definition) is 1. The summed E-state index contributed by atoms with van der Waals surface area (Å²) in [5.41, 5.74) is 1.38. The molecule has 2 heterocycles. The van der Waals surface area contributed by atoms with E-state index in [1.165, 1.54) is 20.0 Å². The molecule has 1 aliphatic rings. The third-order valence-electron chi connectivity index (χ3n) is 3.61. The Balaban J connectivity index is 1.72. The summed E-state index contributed by atoms with van der Waals surface area (Å²) < 4.78 is 4.68. The molecule has 1 aromatic carbocycles. The number of esters is 1. The highest BCUT2D eigenvalue weighted by Crippen LogP contribution is 2.20. The maximum absolute atomic E-state index is 11.4. The van der Waals surface area contributed by atoms with Crippen LogP contribution in [-0.4, -0.2) is 36.1 Å². The first-order valence-corrected chi connectivity index (χ1v) is 7.29. The third-order valence-corrected chi connectivity index (χ3v) is 3.61. The summed E-state index contributed by atoms with van der Waals surface area (Å²) in [4.78, 5) is 22.5. The molecule has 6 heteroatoms. The number of ether oxygens (including phenoxy) is 1. The van der Waals surface area contributed by atoms with Crippen molar-refractivity contribution >= 4 is 23.4 Å². The highest BCUT2D eigenvalue weighted by Gasteiger charge is 2.15. The Hall–Kier alpha value is -2.63. The highest BCUT2D eigenvalue weighted by atomic mass is 16.5. The molecule has 0 aliphatic carbocycles. The summed E-state index contributed by atoms with van der Waals surface area (Å²) in [6.45, 7) is 2.02. The Morgan fingerprint density at radius 3 is 2.59 bits per heavy atom. The summed E-state index contributed by atoms with van der Waals surface area (Å²) in [5.74, 6) is 1.15. The van der Waals surface area contributed by atoms with Crippen molar-refractivity contribution in [2.45, 2.75) is 12.8 Å². The van der Waals surface area contributed by atoms with Gasteiger partial charge in [0.25, 0.3) is 0 Å². The van der Waals surface area contributed by atoms with E-state index in [0.717, 1.165) is 30.5 Å². The molecule has 0 amide bonds. The van der Waals surface area contributed by atoms with Crippen LogP contribution in [0, 0.1) is 0 Å². The van der Waals surface area contributed by atoms with Crippen LogP contribution in [-0.2, 0) is 4.74 Å². The molecular weight excluding hydrogens is 280 g/mol. The molecule has 1 fully saturated rings. The minimum Gasteiger partial charge on any atom is -0.465 e. The molecule has 0 unspecified atom stereocenters. The van der Waals surface area contributed by atoms with Gasteiger partial charge >= 0.3 is 5.97 Å². The van der Waals surface area contributed by atoms with Crippen molar-refractivity contribution < 1.29 is 9.53 Å². The van der Waals surface area contributed by atoms with E-state index < -0.39 is 0 Å². The lowest BCUT2D eigenvalue weighted by Gasteiger charge is -2.15. The first-order valence-electron chi connectivity index (χ1n) is 7.29. The molecule has 0 spiro atoms. The summed E-state index contributed by atoms with van der Waals surface area (Å²) >= 11 is 0. The quantitative estimate of drug-likeness (QED) is 0.875. The van der Waals surface area contributed by atoms with Gasteiger partial charge in [0.15, 0.2) is 0 Å². The molecule has 2 aromatic rings. The number of aromatic nitrogens is 2. The van der Waals surface area contributed by atoms with Gasteiger partial charge in [0, 0.05) is 25.0 Å². The van der Waals surface area contributed by atoms with Gasteiger partial charge in [-0.2, -0.15) is 4.98 Å². The lowest BCUT2D eigenvalue weighted by atomic mass is 10.2. The van der Waals surface area contributed by atoms with E-state index in [4.69, 9.17) is 0 Å². The Morgan fingerprint density at radius 1 is 1.18 bits per heavy atom. The van der Waals surface area contributed by atoms with Crippen molar-refractivity contribution in [3.63, 3.8) is 0 Å². The summed E-state index contributed by atoms with van der Waals surface area (Å²) in [7, 11) is 1.37. The van der Waals surface area contributed by atoms with Gasteiger partial charge in [0.1, 0.15) is 5.82 Å². The molecule has 1 aliphatic heterocycles. The van der Waals surface area contributed by atoms with Gasteiger partial charge < -0.3 is 15.0 Å². The van der Waals surface area contributed by atoms with Crippen LogP contribution in [0.4, 0.5) is 17.5 Å². The van der Waals surface area contributed by atoms with Crippen molar-refractivity contribution in [3.8, 4) is 0 Å². The zero-order valence-corrected chi connectivity index (χ0v) is 12.5. The molecule has 1 saturated heterocycles. The monoisotopic (exact) mass is 298 g/mol. The van der Waals surface area contributed by atoms with Crippen molar-refractivity contribution in [2.75, 3.05) is 30.4 Å². The predicted molar refractivity (Wildman–Crippen MR) is 84.5 cm³/mol. The van der Waals surface area contributed by atoms with Gasteiger partial charge in [-0.25, -0.2) is 9.78 Å². The molecule has 22 heavy (non-hydrogen) atoms. The molecule has 0 bridgehead atoms. The number of carbonyl (C=O) groups excluding carboxylic acids is 1. The van der Waals surface area contributed by atoms with Crippen LogP contribution >= 0.6 is 0 Å². The fourth-order valence-electron chi connectivity index (χ4n) is 2.44. The second-order valence-electron chi connectivity index (χ2n) is 5.13. The number of benzene rings is 1. The van der Waals surface area contributed by atoms with E-state index in [-0.39, 0.29) is 5.97 Å². The molecule has 6 nitrogen and oxygen atoms in total. The van der Waals surface area contributed by atoms with Gasteiger partial charge in [-0.15, -0.1) is 0 Å². The van der Waals surface area contributed by atoms with E-state index in [2.05, 4.69) is 24.9 Å². The second kappa shape index (κ2) is 6.43. The number of nitrogens with zero attached hydrogens (tertiary/aromatic N) is 3. The number of carbonyl (C=O) groups is 1. The Labute approximate surface area is 129 Å². The van der Waals surface area contributed by atoms with Gasteiger partial charge in [-0.3, -0.25) is 0 Å². The maximum atomic E-state index is 11.4. The van der Waals surface area contributed by atoms with Crippen molar-refractivity contribution in [1.82, 2.24) is 9.97 Å². The zero-order valence-electron chi connectivity index (χ0n) is 12.5. The Kier molecular flexibility index (Phi) is 4.18. The molecule has 0 saturated carbocycles. The van der Waals surface area contributed by atoms with E-state index in [1.807, 2.05) is 18.2 Å². The molecule has 0 atom stereocenters. The van der Waals surface area contributed by atoms with Crippen molar-refractivity contribution in [2.24, 2.45) is 0 Å². The molecular formula is C16H18N4O2. The number of rotatable bonds is 4. The topological polar surface area (TPSA) is 67.3 Å². The molecule has 114 valence electrons. The standard InChI is InChI=1S/C16H18N4O2/c1-22-15(21)12-4-6-13(7-5-12)18-14-8-9-17-16(19-14)20-10-2-3-11-20/h4-9H,2-3,10-11H2,1H3,(H,17,18,19). The van der Waals surface area contributed by atoms with Gasteiger partial charge in [0.2, 0.25) is 5.95 Å². The van der Waals surface area contributed by atoms with Crippen LogP contribution in [0.15, 0.2) is 36.5 Å². The number of anilines is 3. The van der Waals surface area contributed by atoms with Gasteiger partial charge in [-0.1, -0.05) is 0 Å². The van der Waals surface area contributed by atoms with Crippen LogP contribution in [0.1, 0.15) is 23.2 Å². The van der Waals surface area contributed by atoms with E-state index in [1.54, 1.807) is 18.3 Å². The first-order chi connectivity index (χ1) is 10.8. The van der Waals surface area contributed by atoms with Crippen LogP contribution in [0.2, 0.25) is 0 Å². The Morgan fingerprint density at radius 2 is 1.91 bits per heavy atom. The van der Waals surface area contributed by atoms with Crippen molar-refractivity contribution in [3.05, 3.63) is 42.1 Å². The molecule has 1 N–H and O–H groups in total. The van der Waals surface area contributed by atoms with Crippen LogP contribution in [0.3, 0.4) is 0 Å².